The van der Waals surface area contributed by atoms with Crippen LogP contribution >= 0.6 is 0 Å². The quantitative estimate of drug-likeness (QED) is 0.608. The molecule has 28 heavy (non-hydrogen) atoms. The van der Waals surface area contributed by atoms with Crippen LogP contribution in [0.1, 0.15) is 40.4 Å². The van der Waals surface area contributed by atoms with Crippen LogP contribution in [0.2, 0.25) is 0 Å². The number of carboxylic acids is 1. The first-order valence-corrected chi connectivity index (χ1v) is 8.97. The summed E-state index contributed by atoms with van der Waals surface area (Å²) in [6, 6.07) is 5.87. The molecule has 0 unspecified atom stereocenters. The van der Waals surface area contributed by atoms with Crippen molar-refractivity contribution in [1.29, 1.82) is 0 Å². The molecular formula is C21H20N3NaO3. The third-order valence-electron chi connectivity index (χ3n) is 5.23. The van der Waals surface area contributed by atoms with Gasteiger partial charge in [-0.1, -0.05) is 6.07 Å². The summed E-state index contributed by atoms with van der Waals surface area (Å²) in [5.41, 5.74) is 3.94. The van der Waals surface area contributed by atoms with E-state index in [2.05, 4.69) is 16.4 Å². The molecule has 6 nitrogen and oxygen atoms in total. The molecule has 138 valence electrons. The van der Waals surface area contributed by atoms with Gasteiger partial charge in [0.25, 0.3) is 0 Å². The molecular weight excluding hydrogens is 365 g/mol. The van der Waals surface area contributed by atoms with Gasteiger partial charge in [-0.25, -0.2) is 4.98 Å². The van der Waals surface area contributed by atoms with Gasteiger partial charge in [-0.3, -0.25) is 4.79 Å². The Hall–Kier alpha value is -2.15. The second-order valence-electron chi connectivity index (χ2n) is 7.07. The zero-order chi connectivity index (χ0) is 19.3. The summed E-state index contributed by atoms with van der Waals surface area (Å²) in [6.45, 7) is 3.96. The summed E-state index contributed by atoms with van der Waals surface area (Å²) in [7, 11) is 1.83. The van der Waals surface area contributed by atoms with Crippen molar-refractivity contribution in [3.05, 3.63) is 57.5 Å². The SMILES string of the molecule is CNc1ncc(-c2ccc3c(=O)c(C(=O)[O-])cn(C4CC4)c3c2C)cc1C.[Na+]. The van der Waals surface area contributed by atoms with Crippen LogP contribution < -0.4 is 45.4 Å². The van der Waals surface area contributed by atoms with E-state index in [9.17, 15) is 14.7 Å². The second kappa shape index (κ2) is 7.70. The van der Waals surface area contributed by atoms with Crippen molar-refractivity contribution in [1.82, 2.24) is 9.55 Å². The van der Waals surface area contributed by atoms with Crippen molar-refractivity contribution in [2.45, 2.75) is 32.7 Å². The van der Waals surface area contributed by atoms with Crippen LogP contribution in [0, 0.1) is 13.8 Å². The normalized spacial score (nSPS) is 13.2. The van der Waals surface area contributed by atoms with Gasteiger partial charge < -0.3 is 19.8 Å². The first-order chi connectivity index (χ1) is 12.9. The van der Waals surface area contributed by atoms with Crippen LogP contribution in [0.4, 0.5) is 5.82 Å². The van der Waals surface area contributed by atoms with E-state index in [4.69, 9.17) is 0 Å². The number of hydrogen-bond donors (Lipinski definition) is 1. The number of rotatable bonds is 4. The first kappa shape index (κ1) is 20.6. The number of aromatic nitrogens is 2. The number of benzene rings is 1. The van der Waals surface area contributed by atoms with Crippen LogP contribution in [-0.2, 0) is 0 Å². The van der Waals surface area contributed by atoms with Crippen molar-refractivity contribution in [3.8, 4) is 11.1 Å². The molecule has 0 radical (unpaired) electrons. The van der Waals surface area contributed by atoms with Crippen molar-refractivity contribution in [3.63, 3.8) is 0 Å². The first-order valence-electron chi connectivity index (χ1n) is 8.97. The van der Waals surface area contributed by atoms with Crippen LogP contribution in [0.15, 0.2) is 35.4 Å². The average molecular weight is 385 g/mol. The van der Waals surface area contributed by atoms with Gasteiger partial charge in [0, 0.05) is 36.4 Å². The minimum absolute atomic E-state index is 0. The maximum atomic E-state index is 12.6. The average Bonchev–Trinajstić information content (AvgIpc) is 3.47. The van der Waals surface area contributed by atoms with E-state index >= 15 is 0 Å². The number of aromatic carboxylic acids is 1. The number of carbonyl (C=O) groups is 1. The van der Waals surface area contributed by atoms with Gasteiger partial charge >= 0.3 is 29.6 Å². The zero-order valence-electron chi connectivity index (χ0n) is 16.5. The van der Waals surface area contributed by atoms with Crippen LogP contribution in [0.3, 0.4) is 0 Å². The van der Waals surface area contributed by atoms with Crippen LogP contribution in [-0.4, -0.2) is 22.6 Å². The fraction of sp³-hybridized carbons (Fsp3) is 0.286. The Morgan fingerprint density at radius 3 is 2.57 bits per heavy atom. The maximum Gasteiger partial charge on any atom is 1.00 e. The molecule has 4 rings (SSSR count). The molecule has 3 aromatic rings. The molecule has 1 aromatic carbocycles. The molecule has 0 aliphatic heterocycles. The van der Waals surface area contributed by atoms with E-state index < -0.39 is 11.4 Å². The standard InChI is InChI=1S/C21H21N3O3.Na/c1-11-8-13(9-23-20(11)22-3)15-6-7-16-18(12(15)2)24(14-4-5-14)10-17(19(16)25)21(26)27;/h6-10,14H,4-5H2,1-3H3,(H,22,23)(H,26,27);/q;+1/p-1. The summed E-state index contributed by atoms with van der Waals surface area (Å²) in [5.74, 6) is -0.605. The van der Waals surface area contributed by atoms with Crippen molar-refractivity contribution < 1.29 is 39.5 Å². The Morgan fingerprint density at radius 2 is 2.00 bits per heavy atom. The van der Waals surface area contributed by atoms with E-state index in [-0.39, 0.29) is 41.2 Å². The number of hydrogen-bond acceptors (Lipinski definition) is 5. The summed E-state index contributed by atoms with van der Waals surface area (Å²) < 4.78 is 1.93. The molecule has 1 fully saturated rings. The molecule has 7 heteroatoms. The summed E-state index contributed by atoms with van der Waals surface area (Å²) in [5, 5.41) is 14.9. The number of pyridine rings is 2. The molecule has 0 atom stereocenters. The van der Waals surface area contributed by atoms with Crippen LogP contribution in [0.25, 0.3) is 22.0 Å². The molecule has 2 aromatic heterocycles. The third-order valence-corrected chi connectivity index (χ3v) is 5.23. The van der Waals surface area contributed by atoms with Crippen molar-refractivity contribution in [2.75, 3.05) is 12.4 Å². The number of nitrogens with one attached hydrogen (secondary N) is 1. The Morgan fingerprint density at radius 1 is 1.29 bits per heavy atom. The number of carbonyl (C=O) groups excluding carboxylic acids is 1. The third kappa shape index (κ3) is 3.36. The molecule has 1 aliphatic carbocycles. The minimum atomic E-state index is -1.43. The molecule has 0 bridgehead atoms. The van der Waals surface area contributed by atoms with E-state index in [1.165, 1.54) is 6.20 Å². The number of carboxylic acid groups (broad SMARTS) is 1. The Bertz CT molecular complexity index is 1150. The van der Waals surface area contributed by atoms with Gasteiger partial charge in [0.15, 0.2) is 5.43 Å². The van der Waals surface area contributed by atoms with E-state index in [1.807, 2.05) is 37.7 Å². The molecule has 1 aliphatic rings. The predicted octanol–water partition coefficient (Wildman–Crippen LogP) is -0.576. The largest absolute Gasteiger partial charge is 1.00 e. The van der Waals surface area contributed by atoms with E-state index in [0.717, 1.165) is 46.4 Å². The predicted molar refractivity (Wildman–Crippen MR) is 103 cm³/mol. The van der Waals surface area contributed by atoms with Gasteiger partial charge in [0.1, 0.15) is 5.82 Å². The van der Waals surface area contributed by atoms with E-state index in [0.29, 0.717) is 5.39 Å². The van der Waals surface area contributed by atoms with Crippen LogP contribution in [0.5, 0.6) is 0 Å². The minimum Gasteiger partial charge on any atom is -0.545 e. The zero-order valence-corrected chi connectivity index (χ0v) is 18.5. The maximum absolute atomic E-state index is 12.6. The van der Waals surface area contributed by atoms with Gasteiger partial charge in [0.05, 0.1) is 17.0 Å². The number of aryl methyl sites for hydroxylation is 2. The Balaban J connectivity index is 0.00000225. The summed E-state index contributed by atoms with van der Waals surface area (Å²) >= 11 is 0. The fourth-order valence-corrected chi connectivity index (χ4v) is 3.71. The number of fused-ring (bicyclic) bond motifs is 1. The molecule has 0 saturated heterocycles. The molecule has 2 heterocycles. The molecule has 1 N–H and O–H groups in total. The van der Waals surface area contributed by atoms with Gasteiger partial charge in [-0.05, 0) is 55.5 Å². The Kier molecular flexibility index (Phi) is 5.66. The smallest absolute Gasteiger partial charge is 0.545 e. The fourth-order valence-electron chi connectivity index (χ4n) is 3.71. The van der Waals surface area contributed by atoms with Gasteiger partial charge in [0.2, 0.25) is 0 Å². The number of nitrogens with zero attached hydrogens (tertiary/aromatic N) is 2. The summed E-state index contributed by atoms with van der Waals surface area (Å²) in [6.07, 6.45) is 5.21. The number of anilines is 1. The van der Waals surface area contributed by atoms with Crippen molar-refractivity contribution >= 4 is 22.7 Å². The molecule has 1 saturated carbocycles. The van der Waals surface area contributed by atoms with E-state index in [1.54, 1.807) is 6.07 Å². The Labute approximate surface area is 184 Å². The van der Waals surface area contributed by atoms with Crippen molar-refractivity contribution in [2.24, 2.45) is 0 Å². The summed E-state index contributed by atoms with van der Waals surface area (Å²) in [4.78, 5) is 28.5. The second-order valence-corrected chi connectivity index (χ2v) is 7.07. The van der Waals surface area contributed by atoms with Gasteiger partial charge in [-0.2, -0.15) is 0 Å². The molecule has 0 amide bonds. The van der Waals surface area contributed by atoms with Gasteiger partial charge in [-0.15, -0.1) is 0 Å². The monoisotopic (exact) mass is 385 g/mol. The molecule has 0 spiro atoms. The topological polar surface area (TPSA) is 87.1 Å².